The van der Waals surface area contributed by atoms with Crippen molar-refractivity contribution >= 4 is 17.1 Å². The molecule has 0 fully saturated rings. The third-order valence-corrected chi connectivity index (χ3v) is 15.4. The molecule has 300 valence electrons. The number of fused-ring (bicyclic) bond motifs is 4. The van der Waals surface area contributed by atoms with E-state index in [9.17, 15) is 0 Å². The fourth-order valence-electron chi connectivity index (χ4n) is 10.5. The largest absolute Gasteiger partial charge is 0.310 e. The lowest BCUT2D eigenvalue weighted by atomic mass is 9.59. The van der Waals surface area contributed by atoms with Crippen molar-refractivity contribution < 1.29 is 0 Å². The van der Waals surface area contributed by atoms with Gasteiger partial charge in [-0.2, -0.15) is 0 Å². The maximum Gasteiger partial charge on any atom is 0.0465 e. The smallest absolute Gasteiger partial charge is 0.0465 e. The first kappa shape index (κ1) is 38.7. The summed E-state index contributed by atoms with van der Waals surface area (Å²) >= 11 is 0. The molecule has 0 aliphatic heterocycles. The van der Waals surface area contributed by atoms with Gasteiger partial charge >= 0.3 is 0 Å². The van der Waals surface area contributed by atoms with Crippen LogP contribution in [0, 0.1) is 5.41 Å². The van der Waals surface area contributed by atoms with Crippen molar-refractivity contribution in [1.29, 1.82) is 0 Å². The van der Waals surface area contributed by atoms with Crippen LogP contribution < -0.4 is 4.90 Å². The minimum Gasteiger partial charge on any atom is -0.310 e. The highest BCUT2D eigenvalue weighted by atomic mass is 15.1. The molecule has 0 bridgehead atoms. The number of benzene rings is 8. The topological polar surface area (TPSA) is 3.24 Å². The Hall–Kier alpha value is -6.44. The second-order valence-electron chi connectivity index (χ2n) is 19.5. The lowest BCUT2D eigenvalue weighted by molar-refractivity contribution is 0.125. The molecule has 2 aliphatic carbocycles. The third kappa shape index (κ3) is 6.04. The van der Waals surface area contributed by atoms with Crippen LogP contribution in [0.4, 0.5) is 17.1 Å². The summed E-state index contributed by atoms with van der Waals surface area (Å²) in [6.45, 7) is 19.5. The third-order valence-electron chi connectivity index (χ3n) is 15.4. The zero-order valence-corrected chi connectivity index (χ0v) is 36.8. The Morgan fingerprint density at radius 2 is 0.639 bits per heavy atom. The highest BCUT2D eigenvalue weighted by Gasteiger charge is 2.57. The summed E-state index contributed by atoms with van der Waals surface area (Å²) in [4.78, 5) is 2.41. The standard InChI is InChI=1S/C60H55N/c1-57(2)53-36-45(52-39-56-55(38-51(52)44-22-16-11-17-23-44)58(3,4)60(7,8)59(56,5)6)28-34-49(53)50-35-33-48(37-54(50)57)61(46-29-24-42(25-30-46)40-18-12-9-13-19-40)47-31-26-43(27-32-47)41-20-14-10-15-21-41/h9-39H,1-8H3. The van der Waals surface area contributed by atoms with Crippen LogP contribution in [0.2, 0.25) is 0 Å². The van der Waals surface area contributed by atoms with E-state index >= 15 is 0 Å². The van der Waals surface area contributed by atoms with Gasteiger partial charge in [-0.25, -0.2) is 0 Å². The highest BCUT2D eigenvalue weighted by molar-refractivity contribution is 5.91. The predicted molar refractivity (Wildman–Crippen MR) is 260 cm³/mol. The summed E-state index contributed by atoms with van der Waals surface area (Å²) in [5.74, 6) is 0. The number of hydrogen-bond donors (Lipinski definition) is 0. The fraction of sp³-hybridized carbons (Fsp3) is 0.200. The molecule has 1 heteroatoms. The van der Waals surface area contributed by atoms with Gasteiger partial charge in [-0.05, 0) is 149 Å². The molecule has 0 saturated carbocycles. The van der Waals surface area contributed by atoms with E-state index in [1.807, 2.05) is 0 Å². The van der Waals surface area contributed by atoms with Crippen molar-refractivity contribution in [1.82, 2.24) is 0 Å². The Bertz CT molecular complexity index is 2830. The maximum atomic E-state index is 2.55. The normalized spacial score (nSPS) is 16.1. The summed E-state index contributed by atoms with van der Waals surface area (Å²) in [6, 6.07) is 69.8. The van der Waals surface area contributed by atoms with Crippen molar-refractivity contribution in [2.75, 3.05) is 4.90 Å². The average molecular weight is 790 g/mol. The Balaban J connectivity index is 1.08. The van der Waals surface area contributed by atoms with E-state index in [4.69, 9.17) is 0 Å². The second-order valence-corrected chi connectivity index (χ2v) is 19.5. The molecular weight excluding hydrogens is 735 g/mol. The molecular formula is C60H55N. The molecule has 61 heavy (non-hydrogen) atoms. The molecule has 8 aromatic carbocycles. The number of nitrogens with zero attached hydrogens (tertiary/aromatic N) is 1. The molecule has 0 heterocycles. The van der Waals surface area contributed by atoms with E-state index < -0.39 is 0 Å². The Morgan fingerprint density at radius 3 is 1.11 bits per heavy atom. The number of hydrogen-bond acceptors (Lipinski definition) is 1. The van der Waals surface area contributed by atoms with E-state index in [1.54, 1.807) is 0 Å². The highest BCUT2D eigenvalue weighted by Crippen LogP contribution is 2.63. The van der Waals surface area contributed by atoms with Gasteiger partial charge in [0.15, 0.2) is 0 Å². The molecule has 0 aromatic heterocycles. The Kier molecular flexibility index (Phi) is 8.93. The van der Waals surface area contributed by atoms with E-state index in [1.165, 1.54) is 77.9 Å². The monoisotopic (exact) mass is 789 g/mol. The molecule has 0 N–H and O–H groups in total. The van der Waals surface area contributed by atoms with Gasteiger partial charge in [0, 0.05) is 22.5 Å². The average Bonchev–Trinajstić information content (AvgIpc) is 3.57. The minimum atomic E-state index is -0.219. The summed E-state index contributed by atoms with van der Waals surface area (Å²) in [5.41, 5.74) is 21.6. The van der Waals surface area contributed by atoms with Crippen molar-refractivity contribution in [3.8, 4) is 55.6 Å². The van der Waals surface area contributed by atoms with Crippen LogP contribution >= 0.6 is 0 Å². The van der Waals surface area contributed by atoms with Gasteiger partial charge in [-0.15, -0.1) is 0 Å². The summed E-state index contributed by atoms with van der Waals surface area (Å²) < 4.78 is 0. The Morgan fingerprint density at radius 1 is 0.279 bits per heavy atom. The summed E-state index contributed by atoms with van der Waals surface area (Å²) in [6.07, 6.45) is 0. The lowest BCUT2D eigenvalue weighted by Crippen LogP contribution is -2.42. The molecule has 10 rings (SSSR count). The van der Waals surface area contributed by atoms with Gasteiger partial charge < -0.3 is 4.90 Å². The zero-order chi connectivity index (χ0) is 42.3. The molecule has 0 radical (unpaired) electrons. The van der Waals surface area contributed by atoms with Gasteiger partial charge in [-0.1, -0.05) is 189 Å². The van der Waals surface area contributed by atoms with Gasteiger partial charge in [0.25, 0.3) is 0 Å². The molecule has 8 aromatic rings. The quantitative estimate of drug-likeness (QED) is 0.155. The molecule has 2 aliphatic rings. The molecule has 0 unspecified atom stereocenters. The van der Waals surface area contributed by atoms with Crippen LogP contribution in [-0.2, 0) is 16.2 Å². The predicted octanol–water partition coefficient (Wildman–Crippen LogP) is 16.7. The van der Waals surface area contributed by atoms with E-state index in [0.29, 0.717) is 0 Å². The maximum absolute atomic E-state index is 2.55. The zero-order valence-electron chi connectivity index (χ0n) is 36.8. The van der Waals surface area contributed by atoms with Crippen molar-refractivity contribution in [3.05, 3.63) is 210 Å². The SMILES string of the molecule is CC1(C)c2cc(-c3cc4c(cc3-c3ccccc3)C(C)(C)C(C)(C)C4(C)C)ccc2-c2ccc(N(c3ccc(-c4ccccc4)cc3)c3ccc(-c4ccccc4)cc3)cc21. The number of anilines is 3. The molecule has 0 spiro atoms. The van der Waals surface area contributed by atoms with E-state index in [2.05, 4.69) is 248 Å². The number of rotatable bonds is 7. The van der Waals surface area contributed by atoms with Crippen LogP contribution in [0.15, 0.2) is 188 Å². The summed E-state index contributed by atoms with van der Waals surface area (Å²) in [5, 5.41) is 0. The molecule has 0 atom stereocenters. The van der Waals surface area contributed by atoms with Crippen molar-refractivity contribution in [2.24, 2.45) is 5.41 Å². The van der Waals surface area contributed by atoms with Crippen molar-refractivity contribution in [3.63, 3.8) is 0 Å². The van der Waals surface area contributed by atoms with Crippen LogP contribution in [0.5, 0.6) is 0 Å². The Labute approximate surface area is 363 Å². The molecule has 0 amide bonds. The lowest BCUT2D eigenvalue weighted by Gasteiger charge is -2.44. The van der Waals surface area contributed by atoms with Crippen molar-refractivity contribution in [2.45, 2.75) is 71.6 Å². The van der Waals surface area contributed by atoms with Gasteiger partial charge in [0.05, 0.1) is 0 Å². The van der Waals surface area contributed by atoms with E-state index in [0.717, 1.165) is 17.1 Å². The first-order valence-electron chi connectivity index (χ1n) is 21.9. The fourth-order valence-corrected chi connectivity index (χ4v) is 10.5. The molecule has 0 saturated heterocycles. The van der Waals surface area contributed by atoms with Gasteiger partial charge in [-0.3, -0.25) is 0 Å². The van der Waals surface area contributed by atoms with Crippen LogP contribution in [-0.4, -0.2) is 0 Å². The van der Waals surface area contributed by atoms with Gasteiger partial charge in [0.2, 0.25) is 0 Å². The summed E-state index contributed by atoms with van der Waals surface area (Å²) in [7, 11) is 0. The first-order chi connectivity index (χ1) is 29.3. The van der Waals surface area contributed by atoms with Crippen LogP contribution in [0.25, 0.3) is 55.6 Å². The first-order valence-corrected chi connectivity index (χ1v) is 21.9. The van der Waals surface area contributed by atoms with Gasteiger partial charge in [0.1, 0.15) is 0 Å². The second kappa shape index (κ2) is 14.1. The van der Waals surface area contributed by atoms with Crippen LogP contribution in [0.1, 0.15) is 77.6 Å². The van der Waals surface area contributed by atoms with E-state index in [-0.39, 0.29) is 21.7 Å². The van der Waals surface area contributed by atoms with Crippen LogP contribution in [0.3, 0.4) is 0 Å². The minimum absolute atomic E-state index is 0.00798. The molecule has 1 nitrogen and oxygen atoms in total.